The van der Waals surface area contributed by atoms with Crippen molar-refractivity contribution < 1.29 is 4.79 Å². The van der Waals surface area contributed by atoms with E-state index in [9.17, 15) is 4.79 Å². The number of anilines is 3. The van der Waals surface area contributed by atoms with Crippen LogP contribution in [0.4, 0.5) is 17.3 Å². The van der Waals surface area contributed by atoms with Crippen molar-refractivity contribution in [1.29, 1.82) is 0 Å². The van der Waals surface area contributed by atoms with Crippen LogP contribution in [-0.4, -0.2) is 22.3 Å². The van der Waals surface area contributed by atoms with Crippen LogP contribution in [0.1, 0.15) is 13.3 Å². The Kier molecular flexibility index (Phi) is 5.06. The van der Waals surface area contributed by atoms with Crippen LogP contribution in [0.2, 0.25) is 0 Å². The summed E-state index contributed by atoms with van der Waals surface area (Å²) in [6.45, 7) is 2.14. The first-order valence-electron chi connectivity index (χ1n) is 6.21. The molecular formula is C14H15BrN4O. The lowest BCUT2D eigenvalue weighted by atomic mass is 10.3. The van der Waals surface area contributed by atoms with Gasteiger partial charge >= 0.3 is 0 Å². The Balaban J connectivity index is 2.00. The molecule has 0 saturated heterocycles. The van der Waals surface area contributed by atoms with Crippen LogP contribution >= 0.6 is 15.9 Å². The number of nitrogens with one attached hydrogen (secondary N) is 2. The average molecular weight is 335 g/mol. The molecular weight excluding hydrogens is 320 g/mol. The number of aromatic nitrogens is 2. The molecule has 1 aromatic heterocycles. The molecule has 2 N–H and O–H groups in total. The van der Waals surface area contributed by atoms with E-state index in [-0.39, 0.29) is 5.78 Å². The van der Waals surface area contributed by atoms with Gasteiger partial charge in [-0.1, -0.05) is 22.0 Å². The van der Waals surface area contributed by atoms with E-state index in [2.05, 4.69) is 36.5 Å². The molecule has 5 nitrogen and oxygen atoms in total. The fourth-order valence-corrected chi connectivity index (χ4v) is 2.00. The highest BCUT2D eigenvalue weighted by molar-refractivity contribution is 9.10. The highest BCUT2D eigenvalue weighted by atomic mass is 79.9. The van der Waals surface area contributed by atoms with Crippen molar-refractivity contribution in [3.63, 3.8) is 0 Å². The van der Waals surface area contributed by atoms with Gasteiger partial charge in [-0.15, -0.1) is 0 Å². The molecule has 2 rings (SSSR count). The lowest BCUT2D eigenvalue weighted by Crippen LogP contribution is -2.07. The zero-order valence-corrected chi connectivity index (χ0v) is 12.6. The van der Waals surface area contributed by atoms with Crippen LogP contribution in [0.3, 0.4) is 0 Å². The summed E-state index contributed by atoms with van der Waals surface area (Å²) in [6.07, 6.45) is 1.97. The molecule has 0 aliphatic rings. The zero-order valence-electron chi connectivity index (χ0n) is 11.1. The smallest absolute Gasteiger partial charge is 0.135 e. The third kappa shape index (κ3) is 4.62. The molecule has 20 heavy (non-hydrogen) atoms. The number of carbonyl (C=O) groups excluding carboxylic acids is 1. The summed E-state index contributed by atoms with van der Waals surface area (Å²) in [5, 5.41) is 6.29. The molecule has 0 radical (unpaired) electrons. The minimum absolute atomic E-state index is 0.152. The van der Waals surface area contributed by atoms with Crippen LogP contribution in [0.25, 0.3) is 0 Å². The zero-order chi connectivity index (χ0) is 14.4. The number of Topliss-reactive ketones (excluding diaryl/α,β-unsaturated/α-hetero) is 1. The molecule has 6 heteroatoms. The summed E-state index contributed by atoms with van der Waals surface area (Å²) in [5.74, 6) is 1.54. The molecule has 0 amide bonds. The molecule has 0 bridgehead atoms. The Morgan fingerprint density at radius 2 is 2.05 bits per heavy atom. The molecule has 0 aliphatic heterocycles. The van der Waals surface area contributed by atoms with Crippen LogP contribution in [-0.2, 0) is 4.79 Å². The number of ketones is 1. The fraction of sp³-hybridized carbons (Fsp3) is 0.214. The standard InChI is InChI=1S/C14H15BrN4O/c1-10(20)5-6-16-13-8-14(18-9-17-13)19-12-4-2-3-11(15)7-12/h2-4,7-9H,5-6H2,1H3,(H2,16,17,18,19). The van der Waals surface area contributed by atoms with Crippen LogP contribution < -0.4 is 10.6 Å². The van der Waals surface area contributed by atoms with Crippen molar-refractivity contribution in [2.24, 2.45) is 0 Å². The lowest BCUT2D eigenvalue weighted by molar-refractivity contribution is -0.116. The first-order valence-corrected chi connectivity index (χ1v) is 7.01. The molecule has 0 atom stereocenters. The summed E-state index contributed by atoms with van der Waals surface area (Å²) in [5.41, 5.74) is 0.938. The van der Waals surface area contributed by atoms with Crippen molar-refractivity contribution >= 4 is 39.0 Å². The predicted molar refractivity (Wildman–Crippen MR) is 83.2 cm³/mol. The monoisotopic (exact) mass is 334 g/mol. The van der Waals surface area contributed by atoms with Gasteiger partial charge in [0.25, 0.3) is 0 Å². The van der Waals surface area contributed by atoms with Crippen molar-refractivity contribution in [3.05, 3.63) is 41.1 Å². The SMILES string of the molecule is CC(=O)CCNc1cc(Nc2cccc(Br)c2)ncn1. The number of hydrogen-bond acceptors (Lipinski definition) is 5. The van der Waals surface area contributed by atoms with E-state index in [0.717, 1.165) is 10.2 Å². The minimum atomic E-state index is 0.152. The summed E-state index contributed by atoms with van der Waals surface area (Å²) in [4.78, 5) is 19.2. The maximum atomic E-state index is 10.9. The Morgan fingerprint density at radius 1 is 1.25 bits per heavy atom. The van der Waals surface area contributed by atoms with Crippen LogP contribution in [0, 0.1) is 0 Å². The largest absolute Gasteiger partial charge is 0.369 e. The molecule has 0 aliphatic carbocycles. The maximum Gasteiger partial charge on any atom is 0.135 e. The molecule has 0 spiro atoms. The maximum absolute atomic E-state index is 10.9. The minimum Gasteiger partial charge on any atom is -0.369 e. The molecule has 0 unspecified atom stereocenters. The Hall–Kier alpha value is -1.95. The van der Waals surface area contributed by atoms with Gasteiger partial charge in [0, 0.05) is 29.2 Å². The van der Waals surface area contributed by atoms with Gasteiger partial charge in [-0.2, -0.15) is 0 Å². The third-order valence-corrected chi connectivity index (χ3v) is 3.04. The number of hydrogen-bond donors (Lipinski definition) is 2. The van der Waals surface area contributed by atoms with Gasteiger partial charge in [0.1, 0.15) is 23.7 Å². The van der Waals surface area contributed by atoms with Crippen molar-refractivity contribution in [2.75, 3.05) is 17.2 Å². The second-order valence-electron chi connectivity index (χ2n) is 4.30. The normalized spacial score (nSPS) is 10.1. The van der Waals surface area contributed by atoms with Gasteiger partial charge in [0.05, 0.1) is 0 Å². The lowest BCUT2D eigenvalue weighted by Gasteiger charge is -2.08. The number of halogens is 1. The van der Waals surface area contributed by atoms with Gasteiger partial charge < -0.3 is 10.6 Å². The fourth-order valence-electron chi connectivity index (χ4n) is 1.60. The van der Waals surface area contributed by atoms with E-state index in [4.69, 9.17) is 0 Å². The highest BCUT2D eigenvalue weighted by Crippen LogP contribution is 2.20. The first-order chi connectivity index (χ1) is 9.63. The molecule has 104 valence electrons. The number of benzene rings is 1. The van der Waals surface area contributed by atoms with Crippen molar-refractivity contribution in [2.45, 2.75) is 13.3 Å². The molecule has 2 aromatic rings. The summed E-state index contributed by atoms with van der Waals surface area (Å²) in [7, 11) is 0. The Bertz CT molecular complexity index is 603. The van der Waals surface area contributed by atoms with E-state index in [0.29, 0.717) is 24.6 Å². The average Bonchev–Trinajstić information content (AvgIpc) is 2.39. The molecule has 0 saturated carbocycles. The number of nitrogens with zero attached hydrogens (tertiary/aromatic N) is 2. The van der Waals surface area contributed by atoms with Gasteiger partial charge in [-0.3, -0.25) is 4.79 Å². The van der Waals surface area contributed by atoms with Crippen LogP contribution in [0.15, 0.2) is 41.1 Å². The van der Waals surface area contributed by atoms with Crippen LogP contribution in [0.5, 0.6) is 0 Å². The second-order valence-corrected chi connectivity index (χ2v) is 5.22. The topological polar surface area (TPSA) is 66.9 Å². The van der Waals surface area contributed by atoms with E-state index in [1.165, 1.54) is 6.33 Å². The summed E-state index contributed by atoms with van der Waals surface area (Å²) >= 11 is 3.42. The molecule has 0 fully saturated rings. The van der Waals surface area contributed by atoms with Gasteiger partial charge in [-0.05, 0) is 25.1 Å². The molecule has 1 heterocycles. The van der Waals surface area contributed by atoms with Crippen molar-refractivity contribution in [3.8, 4) is 0 Å². The van der Waals surface area contributed by atoms with E-state index < -0.39 is 0 Å². The quantitative estimate of drug-likeness (QED) is 0.847. The summed E-state index contributed by atoms with van der Waals surface area (Å²) in [6, 6.07) is 9.63. The van der Waals surface area contributed by atoms with Gasteiger partial charge in [-0.25, -0.2) is 9.97 Å². The molecule has 1 aromatic carbocycles. The highest BCUT2D eigenvalue weighted by Gasteiger charge is 2.00. The second kappa shape index (κ2) is 7.00. The van der Waals surface area contributed by atoms with E-state index in [1.807, 2.05) is 24.3 Å². The summed E-state index contributed by atoms with van der Waals surface area (Å²) < 4.78 is 0.997. The number of carbonyl (C=O) groups is 1. The van der Waals surface area contributed by atoms with Crippen molar-refractivity contribution in [1.82, 2.24) is 9.97 Å². The Labute approximate surface area is 126 Å². The van der Waals surface area contributed by atoms with E-state index >= 15 is 0 Å². The third-order valence-electron chi connectivity index (χ3n) is 2.55. The first kappa shape index (κ1) is 14.5. The van der Waals surface area contributed by atoms with E-state index in [1.54, 1.807) is 13.0 Å². The van der Waals surface area contributed by atoms with Gasteiger partial charge in [0.2, 0.25) is 0 Å². The predicted octanol–water partition coefficient (Wildman–Crippen LogP) is 3.37. The van der Waals surface area contributed by atoms with Gasteiger partial charge in [0.15, 0.2) is 0 Å². The number of rotatable bonds is 6. The Morgan fingerprint density at radius 3 is 2.80 bits per heavy atom.